The average molecular weight is 314 g/mol. The molecule has 1 unspecified atom stereocenters. The van der Waals surface area contributed by atoms with Gasteiger partial charge in [0.1, 0.15) is 18.2 Å². The van der Waals surface area contributed by atoms with Crippen LogP contribution >= 0.6 is 10.7 Å². The van der Waals surface area contributed by atoms with E-state index in [0.29, 0.717) is 19.0 Å². The lowest BCUT2D eigenvalue weighted by molar-refractivity contribution is 0.336. The van der Waals surface area contributed by atoms with Gasteiger partial charge in [-0.05, 0) is 13.0 Å². The van der Waals surface area contributed by atoms with E-state index in [4.69, 9.17) is 15.4 Å². The van der Waals surface area contributed by atoms with Crippen LogP contribution in [0.2, 0.25) is 0 Å². The number of ether oxygens (including phenoxy) is 1. The number of benzene rings is 1. The number of rotatable bonds is 3. The Hall–Kier alpha value is -1.60. The minimum absolute atomic E-state index is 0.134. The molecule has 1 aromatic heterocycles. The van der Waals surface area contributed by atoms with Crippen LogP contribution in [0, 0.1) is 0 Å². The molecule has 0 bridgehead atoms. The highest BCUT2D eigenvalue weighted by atomic mass is 35.7. The molecule has 8 heteroatoms. The number of hydrogen-bond donors (Lipinski definition) is 0. The van der Waals surface area contributed by atoms with Gasteiger partial charge in [0.05, 0.1) is 5.92 Å². The first kappa shape index (κ1) is 13.4. The smallest absolute Gasteiger partial charge is 0.296 e. The summed E-state index contributed by atoms with van der Waals surface area (Å²) in [5, 5.41) is 7.50. The second-order valence-corrected chi connectivity index (χ2v) is 6.88. The zero-order valence-electron chi connectivity index (χ0n) is 10.7. The first-order valence-corrected chi connectivity index (χ1v) is 8.42. The fourth-order valence-corrected chi connectivity index (χ4v) is 3.38. The highest BCUT2D eigenvalue weighted by molar-refractivity contribution is 8.13. The summed E-state index contributed by atoms with van der Waals surface area (Å²) in [5.41, 5.74) is 0.980. The van der Waals surface area contributed by atoms with Gasteiger partial charge in [0, 0.05) is 22.8 Å². The molecule has 1 atom stereocenters. The lowest BCUT2D eigenvalue weighted by Crippen LogP contribution is -2.13. The lowest BCUT2D eigenvalue weighted by Gasteiger charge is -2.10. The van der Waals surface area contributed by atoms with Crippen molar-refractivity contribution in [2.75, 3.05) is 6.61 Å². The van der Waals surface area contributed by atoms with E-state index >= 15 is 0 Å². The van der Waals surface area contributed by atoms with Gasteiger partial charge in [-0.2, -0.15) is 0 Å². The molecule has 0 N–H and O–H groups in total. The largest absolute Gasteiger partial charge is 0.492 e. The fourth-order valence-electron chi connectivity index (χ4n) is 2.41. The second-order valence-electron chi connectivity index (χ2n) is 4.42. The Balaban J connectivity index is 2.11. The molecule has 0 saturated carbocycles. The van der Waals surface area contributed by atoms with Crippen LogP contribution in [-0.4, -0.2) is 29.8 Å². The normalized spacial score (nSPS) is 17.8. The molecule has 0 amide bonds. The van der Waals surface area contributed by atoms with Crippen LogP contribution in [0.1, 0.15) is 24.2 Å². The zero-order chi connectivity index (χ0) is 14.3. The number of nitrogens with zero attached hydrogens (tertiary/aromatic N) is 3. The van der Waals surface area contributed by atoms with Crippen LogP contribution in [-0.2, 0) is 15.6 Å². The predicted octanol–water partition coefficient (Wildman–Crippen LogP) is 1.75. The molecule has 106 valence electrons. The predicted molar refractivity (Wildman–Crippen MR) is 72.5 cm³/mol. The summed E-state index contributed by atoms with van der Waals surface area (Å²) in [6, 6.07) is 7.62. The quantitative estimate of drug-likeness (QED) is 0.807. The van der Waals surface area contributed by atoms with Crippen LogP contribution in [0.5, 0.6) is 5.75 Å². The summed E-state index contributed by atoms with van der Waals surface area (Å²) in [5.74, 6) is 1.21. The highest BCUT2D eigenvalue weighted by Crippen LogP contribution is 2.37. The molecule has 0 fully saturated rings. The third-order valence-electron chi connectivity index (χ3n) is 3.29. The molecule has 20 heavy (non-hydrogen) atoms. The minimum Gasteiger partial charge on any atom is -0.492 e. The molecule has 0 aliphatic carbocycles. The summed E-state index contributed by atoms with van der Waals surface area (Å²) in [4.78, 5) is 0. The van der Waals surface area contributed by atoms with E-state index in [9.17, 15) is 8.42 Å². The first-order valence-electron chi connectivity index (χ1n) is 6.12. The van der Waals surface area contributed by atoms with Crippen LogP contribution in [0.15, 0.2) is 29.4 Å². The fraction of sp³-hybridized carbons (Fsp3) is 0.333. The summed E-state index contributed by atoms with van der Waals surface area (Å²) in [7, 11) is 1.47. The monoisotopic (exact) mass is 313 g/mol. The van der Waals surface area contributed by atoms with Crippen molar-refractivity contribution in [3.05, 3.63) is 35.7 Å². The number of aromatic nitrogens is 3. The van der Waals surface area contributed by atoms with Crippen molar-refractivity contribution >= 4 is 19.7 Å². The highest BCUT2D eigenvalue weighted by Gasteiger charge is 2.32. The molecule has 0 spiro atoms. The lowest BCUT2D eigenvalue weighted by atomic mass is 10.0. The maximum absolute atomic E-state index is 11.5. The van der Waals surface area contributed by atoms with E-state index in [1.54, 1.807) is 0 Å². The van der Waals surface area contributed by atoms with E-state index in [1.165, 1.54) is 4.57 Å². The van der Waals surface area contributed by atoms with E-state index < -0.39 is 9.05 Å². The Morgan fingerprint density at radius 1 is 1.40 bits per heavy atom. The van der Waals surface area contributed by atoms with Crippen LogP contribution in [0.4, 0.5) is 0 Å². The van der Waals surface area contributed by atoms with Gasteiger partial charge in [0.2, 0.25) is 0 Å². The Morgan fingerprint density at radius 2 is 2.15 bits per heavy atom. The van der Waals surface area contributed by atoms with Crippen LogP contribution in [0.3, 0.4) is 0 Å². The number of halogens is 1. The molecule has 0 radical (unpaired) electrons. The van der Waals surface area contributed by atoms with E-state index in [2.05, 4.69) is 10.2 Å². The van der Waals surface area contributed by atoms with Crippen molar-refractivity contribution in [1.82, 2.24) is 14.8 Å². The topological polar surface area (TPSA) is 74.1 Å². The Labute approximate surface area is 120 Å². The number of para-hydroxylation sites is 1. The van der Waals surface area contributed by atoms with Crippen molar-refractivity contribution in [2.24, 2.45) is 0 Å². The maximum Gasteiger partial charge on any atom is 0.296 e. The molecule has 1 aliphatic rings. The molecule has 1 aromatic carbocycles. The molecule has 2 heterocycles. The van der Waals surface area contributed by atoms with Gasteiger partial charge in [0.15, 0.2) is 0 Å². The standard InChI is InChI=1S/C12H12ClN3O3S/c1-2-16-11(14-15-12(16)20(13,17)18)9-7-19-10-6-4-3-5-8(9)10/h3-6,9H,2,7H2,1H3. The molecule has 3 rings (SSSR count). The average Bonchev–Trinajstić information content (AvgIpc) is 3.00. The number of fused-ring (bicyclic) bond motifs is 1. The Bertz CT molecular complexity index is 757. The van der Waals surface area contributed by atoms with E-state index in [0.717, 1.165) is 11.3 Å². The van der Waals surface area contributed by atoms with Crippen molar-refractivity contribution in [2.45, 2.75) is 24.5 Å². The molecule has 0 saturated heterocycles. The van der Waals surface area contributed by atoms with Gasteiger partial charge in [-0.25, -0.2) is 8.42 Å². The molecular weight excluding hydrogens is 302 g/mol. The second kappa shape index (κ2) is 4.75. The molecule has 1 aliphatic heterocycles. The molecule has 6 nitrogen and oxygen atoms in total. The van der Waals surface area contributed by atoms with Gasteiger partial charge in [0.25, 0.3) is 14.2 Å². The molecular formula is C12H12ClN3O3S. The Morgan fingerprint density at radius 3 is 2.85 bits per heavy atom. The molecule has 2 aromatic rings. The van der Waals surface area contributed by atoms with Crippen molar-refractivity contribution in [3.63, 3.8) is 0 Å². The van der Waals surface area contributed by atoms with Crippen molar-refractivity contribution in [3.8, 4) is 5.75 Å². The summed E-state index contributed by atoms with van der Waals surface area (Å²) < 4.78 is 30.1. The first-order chi connectivity index (χ1) is 9.52. The third kappa shape index (κ3) is 2.06. The van der Waals surface area contributed by atoms with Crippen molar-refractivity contribution < 1.29 is 13.2 Å². The summed E-state index contributed by atoms with van der Waals surface area (Å²) in [6.45, 7) is 2.65. The SMILES string of the molecule is CCn1c(C2COc3ccccc32)nnc1S(=O)(=O)Cl. The van der Waals surface area contributed by atoms with Crippen molar-refractivity contribution in [1.29, 1.82) is 0 Å². The third-order valence-corrected chi connectivity index (χ3v) is 4.44. The summed E-state index contributed by atoms with van der Waals surface area (Å²) >= 11 is 0. The minimum atomic E-state index is -3.91. The van der Waals surface area contributed by atoms with Gasteiger partial charge in [-0.1, -0.05) is 18.2 Å². The maximum atomic E-state index is 11.5. The van der Waals surface area contributed by atoms with E-state index in [1.807, 2.05) is 31.2 Å². The van der Waals surface area contributed by atoms with Gasteiger partial charge in [-0.15, -0.1) is 10.2 Å². The van der Waals surface area contributed by atoms with Crippen LogP contribution in [0.25, 0.3) is 0 Å². The van der Waals surface area contributed by atoms with Gasteiger partial charge < -0.3 is 9.30 Å². The number of hydrogen-bond acceptors (Lipinski definition) is 5. The Kier molecular flexibility index (Phi) is 3.18. The van der Waals surface area contributed by atoms with E-state index in [-0.39, 0.29) is 11.1 Å². The van der Waals surface area contributed by atoms with Gasteiger partial charge >= 0.3 is 0 Å². The summed E-state index contributed by atoms with van der Waals surface area (Å²) in [6.07, 6.45) is 0. The van der Waals surface area contributed by atoms with Crippen LogP contribution < -0.4 is 4.74 Å². The zero-order valence-corrected chi connectivity index (χ0v) is 12.2. The van der Waals surface area contributed by atoms with Gasteiger partial charge in [-0.3, -0.25) is 0 Å².